The quantitative estimate of drug-likeness (QED) is 0.694. The predicted octanol–water partition coefficient (Wildman–Crippen LogP) is 1.73. The Morgan fingerprint density at radius 2 is 1.64 bits per heavy atom. The normalized spacial score (nSPS) is 14.9. The highest BCUT2D eigenvalue weighted by Gasteiger charge is 2.23. The molecule has 1 aromatic carbocycles. The molecule has 1 aliphatic heterocycles. The van der Waals surface area contributed by atoms with E-state index in [1.807, 2.05) is 52.3 Å². The molecule has 0 aliphatic carbocycles. The lowest BCUT2D eigenvalue weighted by atomic mass is 10.2. The SMILES string of the molecule is O=C(Cc1ccccn1)N1CCCN(C(=O)Cn2ncc3ccccc32)CC1. The van der Waals surface area contributed by atoms with Crippen LogP contribution in [0.4, 0.5) is 0 Å². The molecule has 2 aromatic heterocycles. The maximum absolute atomic E-state index is 12.8. The first-order valence-corrected chi connectivity index (χ1v) is 9.57. The molecule has 0 unspecified atom stereocenters. The van der Waals surface area contributed by atoms with Crippen molar-refractivity contribution in [2.75, 3.05) is 26.2 Å². The molecule has 0 atom stereocenters. The van der Waals surface area contributed by atoms with Crippen molar-refractivity contribution in [3.8, 4) is 0 Å². The molecule has 1 fully saturated rings. The maximum atomic E-state index is 12.8. The molecular weight excluding hydrogens is 354 g/mol. The van der Waals surface area contributed by atoms with E-state index in [4.69, 9.17) is 0 Å². The van der Waals surface area contributed by atoms with E-state index in [0.29, 0.717) is 32.6 Å². The van der Waals surface area contributed by atoms with Crippen LogP contribution in [-0.2, 0) is 22.6 Å². The average Bonchev–Trinajstić information content (AvgIpc) is 2.96. The smallest absolute Gasteiger partial charge is 0.244 e. The van der Waals surface area contributed by atoms with Crippen molar-refractivity contribution in [2.45, 2.75) is 19.4 Å². The van der Waals surface area contributed by atoms with Gasteiger partial charge in [0, 0.05) is 43.5 Å². The number of hydrogen-bond acceptors (Lipinski definition) is 4. The van der Waals surface area contributed by atoms with Crippen molar-refractivity contribution < 1.29 is 9.59 Å². The second kappa shape index (κ2) is 8.21. The highest BCUT2D eigenvalue weighted by Crippen LogP contribution is 2.13. The van der Waals surface area contributed by atoms with E-state index in [9.17, 15) is 9.59 Å². The van der Waals surface area contributed by atoms with Crippen LogP contribution in [-0.4, -0.2) is 62.6 Å². The van der Waals surface area contributed by atoms with Gasteiger partial charge in [0.15, 0.2) is 0 Å². The lowest BCUT2D eigenvalue weighted by Gasteiger charge is -2.22. The van der Waals surface area contributed by atoms with Crippen LogP contribution in [0.15, 0.2) is 54.9 Å². The molecular formula is C21H23N5O2. The molecule has 4 rings (SSSR count). The van der Waals surface area contributed by atoms with Crippen molar-refractivity contribution in [2.24, 2.45) is 0 Å². The highest BCUT2D eigenvalue weighted by molar-refractivity contribution is 5.82. The molecule has 2 amide bonds. The summed E-state index contributed by atoms with van der Waals surface area (Å²) in [5, 5.41) is 5.37. The number of hydrogen-bond donors (Lipinski definition) is 0. The Morgan fingerprint density at radius 1 is 0.893 bits per heavy atom. The zero-order valence-electron chi connectivity index (χ0n) is 15.7. The Hall–Kier alpha value is -3.22. The lowest BCUT2D eigenvalue weighted by Crippen LogP contribution is -2.39. The first-order chi connectivity index (χ1) is 13.7. The monoisotopic (exact) mass is 377 g/mol. The fourth-order valence-corrected chi connectivity index (χ4v) is 3.57. The Kier molecular flexibility index (Phi) is 5.32. The van der Waals surface area contributed by atoms with Crippen LogP contribution in [0.2, 0.25) is 0 Å². The number of carbonyl (C=O) groups is 2. The summed E-state index contributed by atoms with van der Waals surface area (Å²) in [4.78, 5) is 33.3. The molecule has 0 radical (unpaired) electrons. The molecule has 0 N–H and O–H groups in total. The Balaban J connectivity index is 1.35. The van der Waals surface area contributed by atoms with Gasteiger partial charge in [0.05, 0.1) is 18.1 Å². The number of rotatable bonds is 4. The second-order valence-electron chi connectivity index (χ2n) is 6.97. The minimum atomic E-state index is 0.0351. The van der Waals surface area contributed by atoms with Crippen LogP contribution < -0.4 is 0 Å². The first-order valence-electron chi connectivity index (χ1n) is 9.57. The summed E-state index contributed by atoms with van der Waals surface area (Å²) in [6.07, 6.45) is 4.56. The van der Waals surface area contributed by atoms with E-state index in [2.05, 4.69) is 10.1 Å². The molecule has 0 bridgehead atoms. The Bertz CT molecular complexity index is 969. The van der Waals surface area contributed by atoms with Gasteiger partial charge in [0.2, 0.25) is 11.8 Å². The number of carbonyl (C=O) groups excluding carboxylic acids is 2. The Labute approximate surface area is 163 Å². The molecule has 28 heavy (non-hydrogen) atoms. The maximum Gasteiger partial charge on any atom is 0.244 e. The molecule has 0 spiro atoms. The van der Waals surface area contributed by atoms with E-state index in [-0.39, 0.29) is 18.4 Å². The number of amides is 2. The minimum Gasteiger partial charge on any atom is -0.341 e. The molecule has 7 nitrogen and oxygen atoms in total. The van der Waals surface area contributed by atoms with Gasteiger partial charge in [-0.05, 0) is 24.6 Å². The van der Waals surface area contributed by atoms with E-state index >= 15 is 0 Å². The van der Waals surface area contributed by atoms with Crippen LogP contribution >= 0.6 is 0 Å². The van der Waals surface area contributed by atoms with Crippen molar-refractivity contribution in [3.63, 3.8) is 0 Å². The van der Waals surface area contributed by atoms with Gasteiger partial charge in [0.1, 0.15) is 6.54 Å². The van der Waals surface area contributed by atoms with Gasteiger partial charge in [-0.25, -0.2) is 0 Å². The van der Waals surface area contributed by atoms with Gasteiger partial charge in [-0.3, -0.25) is 19.3 Å². The number of fused-ring (bicyclic) bond motifs is 1. The van der Waals surface area contributed by atoms with Crippen molar-refractivity contribution in [3.05, 3.63) is 60.6 Å². The third-order valence-corrected chi connectivity index (χ3v) is 5.10. The molecule has 3 heterocycles. The summed E-state index contributed by atoms with van der Waals surface area (Å²) < 4.78 is 1.74. The van der Waals surface area contributed by atoms with Crippen LogP contribution in [0.25, 0.3) is 10.9 Å². The topological polar surface area (TPSA) is 71.3 Å². The first kappa shape index (κ1) is 18.2. The van der Waals surface area contributed by atoms with Gasteiger partial charge in [-0.2, -0.15) is 5.10 Å². The van der Waals surface area contributed by atoms with E-state index in [1.54, 1.807) is 17.1 Å². The summed E-state index contributed by atoms with van der Waals surface area (Å²) in [7, 11) is 0. The van der Waals surface area contributed by atoms with Crippen LogP contribution in [0, 0.1) is 0 Å². The van der Waals surface area contributed by atoms with Crippen molar-refractivity contribution in [1.82, 2.24) is 24.6 Å². The fraction of sp³-hybridized carbons (Fsp3) is 0.333. The van der Waals surface area contributed by atoms with Gasteiger partial charge in [0.25, 0.3) is 0 Å². The predicted molar refractivity (Wildman–Crippen MR) is 105 cm³/mol. The van der Waals surface area contributed by atoms with Gasteiger partial charge < -0.3 is 9.80 Å². The third kappa shape index (κ3) is 4.03. The summed E-state index contributed by atoms with van der Waals surface area (Å²) in [5.74, 6) is 0.0962. The standard InChI is InChI=1S/C21H23N5O2/c27-20(14-18-7-3-4-9-22-18)24-10-5-11-25(13-12-24)21(28)16-26-19-8-2-1-6-17(19)15-23-26/h1-4,6-9,15H,5,10-14,16H2. The van der Waals surface area contributed by atoms with E-state index in [0.717, 1.165) is 23.0 Å². The third-order valence-electron chi connectivity index (χ3n) is 5.10. The molecule has 0 saturated carbocycles. The van der Waals surface area contributed by atoms with Crippen molar-refractivity contribution in [1.29, 1.82) is 0 Å². The van der Waals surface area contributed by atoms with Gasteiger partial charge in [-0.15, -0.1) is 0 Å². The average molecular weight is 377 g/mol. The van der Waals surface area contributed by atoms with Gasteiger partial charge in [-0.1, -0.05) is 24.3 Å². The van der Waals surface area contributed by atoms with Gasteiger partial charge >= 0.3 is 0 Å². The summed E-state index contributed by atoms with van der Waals surface area (Å²) in [6.45, 7) is 2.64. The number of aromatic nitrogens is 3. The largest absolute Gasteiger partial charge is 0.341 e. The van der Waals surface area contributed by atoms with E-state index in [1.165, 1.54) is 0 Å². The van der Waals surface area contributed by atoms with Crippen molar-refractivity contribution >= 4 is 22.7 Å². The number of pyridine rings is 1. The molecule has 3 aromatic rings. The molecule has 1 saturated heterocycles. The lowest BCUT2D eigenvalue weighted by molar-refractivity contribution is -0.133. The van der Waals surface area contributed by atoms with Crippen LogP contribution in [0.3, 0.4) is 0 Å². The molecule has 7 heteroatoms. The molecule has 144 valence electrons. The van der Waals surface area contributed by atoms with E-state index < -0.39 is 0 Å². The zero-order chi connectivity index (χ0) is 19.3. The minimum absolute atomic E-state index is 0.0351. The second-order valence-corrected chi connectivity index (χ2v) is 6.97. The summed E-state index contributed by atoms with van der Waals surface area (Å²) in [5.41, 5.74) is 1.73. The summed E-state index contributed by atoms with van der Waals surface area (Å²) in [6, 6.07) is 13.4. The van der Waals surface area contributed by atoms with Crippen LogP contribution in [0.1, 0.15) is 12.1 Å². The fourth-order valence-electron chi connectivity index (χ4n) is 3.57. The van der Waals surface area contributed by atoms with Crippen LogP contribution in [0.5, 0.6) is 0 Å². The number of para-hydroxylation sites is 1. The highest BCUT2D eigenvalue weighted by atomic mass is 16.2. The Morgan fingerprint density at radius 3 is 2.43 bits per heavy atom. The summed E-state index contributed by atoms with van der Waals surface area (Å²) >= 11 is 0. The zero-order valence-corrected chi connectivity index (χ0v) is 15.7. The number of benzene rings is 1. The molecule has 1 aliphatic rings. The number of nitrogens with zero attached hydrogens (tertiary/aromatic N) is 5.